The summed E-state index contributed by atoms with van der Waals surface area (Å²) in [5.74, 6) is 0.655. The van der Waals surface area contributed by atoms with Crippen LogP contribution in [0.1, 0.15) is 23.8 Å². The number of carbonyl (C=O) groups is 1. The molecule has 0 fully saturated rings. The average Bonchev–Trinajstić information content (AvgIpc) is 3.33. The number of nitrogens with one attached hydrogen (secondary N) is 1. The molecule has 28 heavy (non-hydrogen) atoms. The molecule has 144 valence electrons. The third kappa shape index (κ3) is 4.51. The molecule has 0 radical (unpaired) electrons. The van der Waals surface area contributed by atoms with Gasteiger partial charge in [0.05, 0.1) is 24.8 Å². The predicted octanol–water partition coefficient (Wildman–Crippen LogP) is 3.58. The zero-order valence-electron chi connectivity index (χ0n) is 16.1. The first kappa shape index (κ1) is 19.5. The van der Waals surface area contributed by atoms with Crippen LogP contribution in [0.3, 0.4) is 0 Å². The summed E-state index contributed by atoms with van der Waals surface area (Å²) in [7, 11) is 3.90. The Morgan fingerprint density at radius 1 is 1.32 bits per heavy atom. The van der Waals surface area contributed by atoms with Gasteiger partial charge in [-0.05, 0) is 38.4 Å². The molecule has 0 aliphatic carbocycles. The number of benzene rings is 1. The molecule has 2 aromatic heterocycles. The summed E-state index contributed by atoms with van der Waals surface area (Å²) in [5, 5.41) is 12.8. The van der Waals surface area contributed by atoms with Crippen LogP contribution in [0, 0.1) is 11.3 Å². The molecule has 1 atom stereocenters. The molecule has 1 N–H and O–H groups in total. The smallest absolute Gasteiger partial charge is 0.244 e. The summed E-state index contributed by atoms with van der Waals surface area (Å²) in [6.07, 6.45) is 7.43. The summed E-state index contributed by atoms with van der Waals surface area (Å²) in [5.41, 5.74) is 2.02. The Hall–Kier alpha value is -3.30. The Morgan fingerprint density at radius 2 is 2.14 bits per heavy atom. The number of fused-ring (bicyclic) bond motifs is 1. The normalized spacial score (nSPS) is 12.5. The van der Waals surface area contributed by atoms with Crippen LogP contribution >= 0.6 is 0 Å². The number of aryl methyl sites for hydroxylation is 1. The van der Waals surface area contributed by atoms with Crippen LogP contribution in [0.15, 0.2) is 59.4 Å². The zero-order chi connectivity index (χ0) is 19.9. The average molecular weight is 376 g/mol. The minimum absolute atomic E-state index is 0.0276. The van der Waals surface area contributed by atoms with Crippen LogP contribution in [0.4, 0.5) is 0 Å². The van der Waals surface area contributed by atoms with Crippen molar-refractivity contribution in [1.29, 1.82) is 5.26 Å². The lowest BCUT2D eigenvalue weighted by atomic mass is 10.1. The van der Waals surface area contributed by atoms with E-state index in [9.17, 15) is 4.79 Å². The lowest BCUT2D eigenvalue weighted by Gasteiger charge is -2.22. The summed E-state index contributed by atoms with van der Waals surface area (Å²) in [4.78, 5) is 14.3. The number of nitrogens with zero attached hydrogens (tertiary/aromatic N) is 3. The van der Waals surface area contributed by atoms with Crippen molar-refractivity contribution in [2.45, 2.75) is 19.0 Å². The Kier molecular flexibility index (Phi) is 6.30. The number of amides is 1. The lowest BCUT2D eigenvalue weighted by Crippen LogP contribution is -2.33. The van der Waals surface area contributed by atoms with E-state index in [2.05, 4.69) is 16.0 Å². The van der Waals surface area contributed by atoms with E-state index >= 15 is 0 Å². The lowest BCUT2D eigenvalue weighted by molar-refractivity contribution is -0.116. The highest BCUT2D eigenvalue weighted by Crippen LogP contribution is 2.23. The van der Waals surface area contributed by atoms with Gasteiger partial charge in [0, 0.05) is 41.8 Å². The predicted molar refractivity (Wildman–Crippen MR) is 109 cm³/mol. The number of aromatic nitrogens is 1. The van der Waals surface area contributed by atoms with Gasteiger partial charge >= 0.3 is 0 Å². The first-order valence-corrected chi connectivity index (χ1v) is 9.20. The second-order valence-electron chi connectivity index (χ2n) is 6.78. The SMILES string of the molecule is CN(C)C(CNC(=O)C=Cc1cn(CCC#N)c2ccccc12)c1ccco1. The van der Waals surface area contributed by atoms with E-state index in [1.165, 1.54) is 0 Å². The van der Waals surface area contributed by atoms with E-state index in [1.54, 1.807) is 12.3 Å². The number of para-hydroxylation sites is 1. The summed E-state index contributed by atoms with van der Waals surface area (Å²) in [6, 6.07) is 13.9. The Labute approximate surface area is 164 Å². The van der Waals surface area contributed by atoms with Crippen LogP contribution in [-0.2, 0) is 11.3 Å². The number of likely N-dealkylation sites (N-methyl/N-ethyl adjacent to an activating group) is 1. The van der Waals surface area contributed by atoms with Crippen molar-refractivity contribution in [1.82, 2.24) is 14.8 Å². The van der Waals surface area contributed by atoms with Gasteiger partial charge in [0.15, 0.2) is 0 Å². The quantitative estimate of drug-likeness (QED) is 0.610. The molecule has 1 unspecified atom stereocenters. The maximum absolute atomic E-state index is 12.3. The molecule has 1 amide bonds. The van der Waals surface area contributed by atoms with E-state index in [-0.39, 0.29) is 11.9 Å². The third-order valence-corrected chi connectivity index (χ3v) is 4.66. The van der Waals surface area contributed by atoms with Crippen LogP contribution in [0.5, 0.6) is 0 Å². The van der Waals surface area contributed by atoms with Crippen molar-refractivity contribution >= 4 is 22.9 Å². The molecule has 1 aromatic carbocycles. The van der Waals surface area contributed by atoms with E-state index < -0.39 is 0 Å². The van der Waals surface area contributed by atoms with E-state index in [0.717, 1.165) is 22.2 Å². The van der Waals surface area contributed by atoms with Crippen molar-refractivity contribution in [2.24, 2.45) is 0 Å². The van der Waals surface area contributed by atoms with Gasteiger partial charge in [-0.3, -0.25) is 9.69 Å². The van der Waals surface area contributed by atoms with Crippen molar-refractivity contribution in [2.75, 3.05) is 20.6 Å². The topological polar surface area (TPSA) is 74.2 Å². The molecule has 0 spiro atoms. The van der Waals surface area contributed by atoms with E-state index in [4.69, 9.17) is 9.68 Å². The summed E-state index contributed by atoms with van der Waals surface area (Å²) >= 11 is 0. The van der Waals surface area contributed by atoms with Gasteiger partial charge in [-0.2, -0.15) is 5.26 Å². The fourth-order valence-electron chi connectivity index (χ4n) is 3.20. The second kappa shape index (κ2) is 9.07. The van der Waals surface area contributed by atoms with Crippen LogP contribution < -0.4 is 5.32 Å². The minimum atomic E-state index is -0.160. The number of rotatable bonds is 8. The largest absolute Gasteiger partial charge is 0.468 e. The Morgan fingerprint density at radius 3 is 2.86 bits per heavy atom. The maximum Gasteiger partial charge on any atom is 0.244 e. The molecular formula is C22H24N4O2. The van der Waals surface area contributed by atoms with Gasteiger partial charge in [-0.1, -0.05) is 18.2 Å². The van der Waals surface area contributed by atoms with Gasteiger partial charge in [0.25, 0.3) is 0 Å². The zero-order valence-corrected chi connectivity index (χ0v) is 16.1. The van der Waals surface area contributed by atoms with Crippen molar-refractivity contribution < 1.29 is 9.21 Å². The van der Waals surface area contributed by atoms with Crippen molar-refractivity contribution in [3.8, 4) is 6.07 Å². The number of hydrogen-bond acceptors (Lipinski definition) is 4. The fraction of sp³-hybridized carbons (Fsp3) is 0.273. The second-order valence-corrected chi connectivity index (χ2v) is 6.78. The van der Waals surface area contributed by atoms with Crippen molar-refractivity contribution in [3.05, 3.63) is 66.3 Å². The van der Waals surface area contributed by atoms with E-state index in [1.807, 2.05) is 67.7 Å². The van der Waals surface area contributed by atoms with Gasteiger partial charge in [0.2, 0.25) is 5.91 Å². The molecule has 2 heterocycles. The molecule has 6 nitrogen and oxygen atoms in total. The first-order valence-electron chi connectivity index (χ1n) is 9.20. The molecular weight excluding hydrogens is 352 g/mol. The van der Waals surface area contributed by atoms with Crippen LogP contribution in [-0.4, -0.2) is 36.0 Å². The highest BCUT2D eigenvalue weighted by Gasteiger charge is 2.17. The molecule has 3 aromatic rings. The van der Waals surface area contributed by atoms with Crippen molar-refractivity contribution in [3.63, 3.8) is 0 Å². The molecule has 6 heteroatoms. The molecule has 3 rings (SSSR count). The highest BCUT2D eigenvalue weighted by atomic mass is 16.3. The summed E-state index contributed by atoms with van der Waals surface area (Å²) in [6.45, 7) is 1.08. The monoisotopic (exact) mass is 376 g/mol. The highest BCUT2D eigenvalue weighted by molar-refractivity contribution is 5.96. The fourth-order valence-corrected chi connectivity index (χ4v) is 3.20. The van der Waals surface area contributed by atoms with Gasteiger partial charge in [-0.15, -0.1) is 0 Å². The number of carbonyl (C=O) groups excluding carboxylic acids is 1. The Bertz CT molecular complexity index is 993. The molecule has 0 saturated heterocycles. The minimum Gasteiger partial charge on any atom is -0.468 e. The summed E-state index contributed by atoms with van der Waals surface area (Å²) < 4.78 is 7.52. The van der Waals surface area contributed by atoms with Gasteiger partial charge in [-0.25, -0.2) is 0 Å². The number of furan rings is 1. The van der Waals surface area contributed by atoms with Gasteiger partial charge in [0.1, 0.15) is 5.76 Å². The Balaban J connectivity index is 1.69. The first-order chi connectivity index (χ1) is 13.6. The van der Waals surface area contributed by atoms with Gasteiger partial charge < -0.3 is 14.3 Å². The number of hydrogen-bond donors (Lipinski definition) is 1. The standard InChI is InChI=1S/C22H24N4O2/c1-25(2)20(21-9-5-14-28-21)15-24-22(27)11-10-17-16-26(13-6-12-23)19-8-4-3-7-18(17)19/h3-5,7-11,14,16,20H,6,13,15H2,1-2H3,(H,24,27). The van der Waals surface area contributed by atoms with Crippen LogP contribution in [0.25, 0.3) is 17.0 Å². The van der Waals surface area contributed by atoms with E-state index in [0.29, 0.717) is 19.5 Å². The van der Waals surface area contributed by atoms with Crippen LogP contribution in [0.2, 0.25) is 0 Å². The molecule has 0 saturated carbocycles. The molecule has 0 bridgehead atoms. The molecule has 0 aliphatic heterocycles. The third-order valence-electron chi connectivity index (χ3n) is 4.66. The molecule has 0 aliphatic rings. The number of nitriles is 1. The maximum atomic E-state index is 12.3.